The van der Waals surface area contributed by atoms with Crippen LogP contribution in [-0.2, 0) is 7.05 Å². The molecule has 0 bridgehead atoms. The van der Waals surface area contributed by atoms with Crippen molar-refractivity contribution in [2.24, 2.45) is 7.05 Å². The van der Waals surface area contributed by atoms with Crippen molar-refractivity contribution in [2.75, 3.05) is 26.7 Å². The number of pyridine rings is 1. The first kappa shape index (κ1) is 18.0. The van der Waals surface area contributed by atoms with Gasteiger partial charge in [0.2, 0.25) is 0 Å². The molecule has 1 unspecified atom stereocenters. The van der Waals surface area contributed by atoms with Gasteiger partial charge in [0.05, 0.1) is 28.4 Å². The van der Waals surface area contributed by atoms with Crippen LogP contribution in [0.15, 0.2) is 40.9 Å². The van der Waals surface area contributed by atoms with E-state index in [1.54, 1.807) is 4.68 Å². The predicted molar refractivity (Wildman–Crippen MR) is 110 cm³/mol. The number of hydrogen-bond acceptors (Lipinski definition) is 7. The van der Waals surface area contributed by atoms with Gasteiger partial charge in [0, 0.05) is 32.2 Å². The van der Waals surface area contributed by atoms with Crippen LogP contribution in [0.2, 0.25) is 0 Å². The zero-order valence-electron chi connectivity index (χ0n) is 16.8. The van der Waals surface area contributed by atoms with Gasteiger partial charge in [0.15, 0.2) is 11.5 Å². The summed E-state index contributed by atoms with van der Waals surface area (Å²) in [6.45, 7) is 4.71. The van der Waals surface area contributed by atoms with Gasteiger partial charge in [-0.3, -0.25) is 9.58 Å². The topological polar surface area (TPSA) is 84.9 Å². The van der Waals surface area contributed by atoms with Crippen LogP contribution in [0.1, 0.15) is 17.6 Å². The van der Waals surface area contributed by atoms with Gasteiger partial charge in [-0.05, 0) is 20.0 Å². The summed E-state index contributed by atoms with van der Waals surface area (Å²) in [5, 5.41) is 13.2. The molecular formula is C21H23N7O. The first-order chi connectivity index (χ1) is 14.1. The van der Waals surface area contributed by atoms with Gasteiger partial charge < -0.3 is 9.84 Å². The number of benzene rings is 1. The van der Waals surface area contributed by atoms with E-state index in [0.717, 1.165) is 53.2 Å². The highest BCUT2D eigenvalue weighted by molar-refractivity contribution is 5.95. The molecule has 4 aromatic rings. The molecule has 0 saturated carbocycles. The molecule has 1 N–H and O–H groups in total. The highest BCUT2D eigenvalue weighted by atomic mass is 16.5. The summed E-state index contributed by atoms with van der Waals surface area (Å²) in [7, 11) is 3.99. The van der Waals surface area contributed by atoms with Crippen molar-refractivity contribution in [1.29, 1.82) is 0 Å². The number of likely N-dealkylation sites (N-methyl/N-ethyl adjacent to an activating group) is 1. The fourth-order valence-electron chi connectivity index (χ4n) is 3.94. The Morgan fingerprint density at radius 3 is 2.76 bits per heavy atom. The van der Waals surface area contributed by atoms with Crippen LogP contribution in [0.5, 0.6) is 0 Å². The standard InChI is InChI=1S/C21H23N7O/c1-13-18-15(21-24-19(26-29-21)17-12-22-9-10-27(17)2)11-16(14-7-5-4-6-8-14)23-20(18)28(3)25-13/h4-8,11,17,22H,9-10,12H2,1-3H3. The molecular weight excluding hydrogens is 366 g/mol. The molecule has 3 aromatic heterocycles. The van der Waals surface area contributed by atoms with Gasteiger partial charge in [0.25, 0.3) is 5.89 Å². The second-order valence-corrected chi connectivity index (χ2v) is 7.49. The number of hydrogen-bond donors (Lipinski definition) is 1. The lowest BCUT2D eigenvalue weighted by atomic mass is 10.1. The zero-order chi connectivity index (χ0) is 20.0. The predicted octanol–water partition coefficient (Wildman–Crippen LogP) is 2.57. The lowest BCUT2D eigenvalue weighted by Gasteiger charge is -2.30. The molecule has 0 aliphatic carbocycles. The summed E-state index contributed by atoms with van der Waals surface area (Å²) in [5.74, 6) is 1.20. The van der Waals surface area contributed by atoms with Crippen LogP contribution in [0.4, 0.5) is 0 Å². The molecule has 1 saturated heterocycles. The average Bonchev–Trinajstić information content (AvgIpc) is 3.34. The van der Waals surface area contributed by atoms with Crippen molar-refractivity contribution in [1.82, 2.24) is 35.1 Å². The number of fused-ring (bicyclic) bond motifs is 1. The summed E-state index contributed by atoms with van der Waals surface area (Å²) in [6, 6.07) is 12.2. The largest absolute Gasteiger partial charge is 0.334 e. The minimum atomic E-state index is 0.0992. The fourth-order valence-corrected chi connectivity index (χ4v) is 3.94. The van der Waals surface area contributed by atoms with Gasteiger partial charge in [0.1, 0.15) is 0 Å². The van der Waals surface area contributed by atoms with Crippen LogP contribution in [0.3, 0.4) is 0 Å². The molecule has 0 radical (unpaired) electrons. The SMILES string of the molecule is Cc1nn(C)c2nc(-c3ccccc3)cc(-c3nc(C4CNCCN4C)no3)c12. The molecule has 4 heterocycles. The fraction of sp³-hybridized carbons (Fsp3) is 0.333. The number of aryl methyl sites for hydroxylation is 2. The Hall–Kier alpha value is -3.10. The molecule has 29 heavy (non-hydrogen) atoms. The molecule has 5 rings (SSSR count). The van der Waals surface area contributed by atoms with E-state index in [0.29, 0.717) is 11.7 Å². The quantitative estimate of drug-likeness (QED) is 0.576. The Kier molecular flexibility index (Phi) is 4.37. The van der Waals surface area contributed by atoms with E-state index in [-0.39, 0.29) is 6.04 Å². The smallest absolute Gasteiger partial charge is 0.258 e. The molecule has 8 heteroatoms. The third-order valence-corrected chi connectivity index (χ3v) is 5.52. The van der Waals surface area contributed by atoms with Crippen LogP contribution in [0.25, 0.3) is 33.7 Å². The summed E-state index contributed by atoms with van der Waals surface area (Å²) in [4.78, 5) is 11.9. The van der Waals surface area contributed by atoms with E-state index in [2.05, 4.69) is 27.5 Å². The maximum atomic E-state index is 5.74. The lowest BCUT2D eigenvalue weighted by Crippen LogP contribution is -2.44. The molecule has 1 aliphatic heterocycles. The van der Waals surface area contributed by atoms with E-state index in [1.807, 2.05) is 50.4 Å². The lowest BCUT2D eigenvalue weighted by molar-refractivity contribution is 0.190. The number of nitrogens with zero attached hydrogens (tertiary/aromatic N) is 6. The number of piperazine rings is 1. The second-order valence-electron chi connectivity index (χ2n) is 7.49. The first-order valence-corrected chi connectivity index (χ1v) is 9.76. The minimum absolute atomic E-state index is 0.0992. The molecule has 1 aromatic carbocycles. The maximum absolute atomic E-state index is 5.74. The molecule has 0 amide bonds. The number of rotatable bonds is 3. The molecule has 148 valence electrons. The minimum Gasteiger partial charge on any atom is -0.334 e. The van der Waals surface area contributed by atoms with Crippen LogP contribution in [0, 0.1) is 6.92 Å². The zero-order valence-corrected chi connectivity index (χ0v) is 16.8. The Morgan fingerprint density at radius 1 is 1.14 bits per heavy atom. The van der Waals surface area contributed by atoms with Crippen molar-refractivity contribution < 1.29 is 4.52 Å². The molecule has 1 atom stereocenters. The average molecular weight is 389 g/mol. The Bertz CT molecular complexity index is 1160. The third kappa shape index (κ3) is 3.10. The van der Waals surface area contributed by atoms with Crippen molar-refractivity contribution in [3.63, 3.8) is 0 Å². The maximum Gasteiger partial charge on any atom is 0.258 e. The summed E-state index contributed by atoms with van der Waals surface area (Å²) >= 11 is 0. The molecule has 1 aliphatic rings. The van der Waals surface area contributed by atoms with Gasteiger partial charge >= 0.3 is 0 Å². The van der Waals surface area contributed by atoms with E-state index in [9.17, 15) is 0 Å². The third-order valence-electron chi connectivity index (χ3n) is 5.52. The summed E-state index contributed by atoms with van der Waals surface area (Å²) < 4.78 is 7.54. The van der Waals surface area contributed by atoms with Crippen molar-refractivity contribution in [3.05, 3.63) is 47.9 Å². The van der Waals surface area contributed by atoms with Gasteiger partial charge in [-0.2, -0.15) is 10.1 Å². The van der Waals surface area contributed by atoms with E-state index >= 15 is 0 Å². The Balaban J connectivity index is 1.66. The van der Waals surface area contributed by atoms with Crippen molar-refractivity contribution in [3.8, 4) is 22.7 Å². The van der Waals surface area contributed by atoms with Crippen molar-refractivity contribution in [2.45, 2.75) is 13.0 Å². The van der Waals surface area contributed by atoms with Crippen LogP contribution < -0.4 is 5.32 Å². The second kappa shape index (κ2) is 7.06. The summed E-state index contributed by atoms with van der Waals surface area (Å²) in [6.07, 6.45) is 0. The first-order valence-electron chi connectivity index (χ1n) is 9.76. The summed E-state index contributed by atoms with van der Waals surface area (Å²) in [5.41, 5.74) is 4.44. The van der Waals surface area contributed by atoms with E-state index < -0.39 is 0 Å². The molecule has 1 fully saturated rings. The van der Waals surface area contributed by atoms with Crippen LogP contribution in [-0.4, -0.2) is 56.5 Å². The highest BCUT2D eigenvalue weighted by Gasteiger charge is 2.27. The van der Waals surface area contributed by atoms with Gasteiger partial charge in [-0.1, -0.05) is 35.5 Å². The monoisotopic (exact) mass is 389 g/mol. The highest BCUT2D eigenvalue weighted by Crippen LogP contribution is 2.33. The number of nitrogens with one attached hydrogen (secondary N) is 1. The Labute approximate surface area is 168 Å². The normalized spacial score (nSPS) is 17.8. The van der Waals surface area contributed by atoms with Gasteiger partial charge in [-0.15, -0.1) is 0 Å². The molecule has 0 spiro atoms. The van der Waals surface area contributed by atoms with Gasteiger partial charge in [-0.25, -0.2) is 4.98 Å². The van der Waals surface area contributed by atoms with E-state index in [1.165, 1.54) is 0 Å². The van der Waals surface area contributed by atoms with Crippen molar-refractivity contribution >= 4 is 11.0 Å². The van der Waals surface area contributed by atoms with E-state index in [4.69, 9.17) is 14.5 Å². The van der Waals surface area contributed by atoms with Crippen LogP contribution >= 0.6 is 0 Å². The number of aromatic nitrogens is 5. The Morgan fingerprint density at radius 2 is 1.97 bits per heavy atom. The molecule has 8 nitrogen and oxygen atoms in total.